The zero-order valence-electron chi connectivity index (χ0n) is 13.7. The molecule has 5 nitrogen and oxygen atoms in total. The highest BCUT2D eigenvalue weighted by molar-refractivity contribution is 6.30. The molecule has 1 unspecified atom stereocenters. The number of ether oxygens (including phenoxy) is 1. The monoisotopic (exact) mass is 350 g/mol. The lowest BCUT2D eigenvalue weighted by molar-refractivity contribution is -0.141. The number of esters is 1. The number of piperazine rings is 1. The lowest BCUT2D eigenvalue weighted by Crippen LogP contribution is -2.47. The summed E-state index contributed by atoms with van der Waals surface area (Å²) in [6.07, 6.45) is 3.65. The van der Waals surface area contributed by atoms with Crippen LogP contribution in [0.5, 0.6) is 0 Å². The number of carbonyl (C=O) groups excluding carboxylic acids is 2. The minimum atomic E-state index is -0.536. The van der Waals surface area contributed by atoms with Crippen LogP contribution in [0.25, 0.3) is 0 Å². The minimum absolute atomic E-state index is 0.215. The van der Waals surface area contributed by atoms with Crippen molar-refractivity contribution in [2.24, 2.45) is 5.92 Å². The number of nitrogens with one attached hydrogen (secondary N) is 1. The van der Waals surface area contributed by atoms with Crippen LogP contribution in [0.15, 0.2) is 24.3 Å². The Morgan fingerprint density at radius 2 is 1.92 bits per heavy atom. The Kier molecular flexibility index (Phi) is 5.74. The fraction of sp³-hybridized carbons (Fsp3) is 0.556. The number of nitrogens with zero attached hydrogens (tertiary/aromatic N) is 1. The van der Waals surface area contributed by atoms with Gasteiger partial charge in [0.1, 0.15) is 0 Å². The Labute approximate surface area is 147 Å². The van der Waals surface area contributed by atoms with Crippen LogP contribution in [0.3, 0.4) is 0 Å². The van der Waals surface area contributed by atoms with Crippen molar-refractivity contribution in [3.05, 3.63) is 34.9 Å². The molecule has 1 saturated heterocycles. The molecule has 2 fully saturated rings. The summed E-state index contributed by atoms with van der Waals surface area (Å²) < 4.78 is 5.24. The first kappa shape index (κ1) is 17.2. The quantitative estimate of drug-likeness (QED) is 0.672. The molecule has 1 aliphatic carbocycles. The number of benzene rings is 1. The average molecular weight is 351 g/mol. The third-order valence-corrected chi connectivity index (χ3v) is 5.13. The van der Waals surface area contributed by atoms with E-state index in [0.29, 0.717) is 18.1 Å². The van der Waals surface area contributed by atoms with Crippen molar-refractivity contribution in [3.63, 3.8) is 0 Å². The van der Waals surface area contributed by atoms with Crippen LogP contribution < -0.4 is 5.32 Å². The first-order chi connectivity index (χ1) is 11.6. The Morgan fingerprint density at radius 3 is 2.58 bits per heavy atom. The van der Waals surface area contributed by atoms with Gasteiger partial charge < -0.3 is 15.0 Å². The van der Waals surface area contributed by atoms with Crippen molar-refractivity contribution < 1.29 is 14.3 Å². The highest BCUT2D eigenvalue weighted by atomic mass is 35.5. The molecule has 1 N–H and O–H groups in total. The van der Waals surface area contributed by atoms with E-state index in [4.69, 9.17) is 16.3 Å². The van der Waals surface area contributed by atoms with Crippen molar-refractivity contribution in [3.8, 4) is 0 Å². The predicted molar refractivity (Wildman–Crippen MR) is 92.1 cm³/mol. The Hall–Kier alpha value is -1.59. The van der Waals surface area contributed by atoms with Gasteiger partial charge in [0, 0.05) is 31.2 Å². The van der Waals surface area contributed by atoms with E-state index >= 15 is 0 Å². The van der Waals surface area contributed by atoms with Gasteiger partial charge in [-0.3, -0.25) is 4.79 Å². The molecule has 1 atom stereocenters. The van der Waals surface area contributed by atoms with Crippen molar-refractivity contribution in [1.29, 1.82) is 0 Å². The summed E-state index contributed by atoms with van der Waals surface area (Å²) in [6, 6.07) is 7.32. The molecule has 1 aromatic rings. The van der Waals surface area contributed by atoms with E-state index in [0.717, 1.165) is 44.3 Å². The predicted octanol–water partition coefficient (Wildman–Crippen LogP) is 3.18. The van der Waals surface area contributed by atoms with Crippen LogP contribution >= 0.6 is 11.6 Å². The first-order valence-corrected chi connectivity index (χ1v) is 9.00. The van der Waals surface area contributed by atoms with E-state index in [-0.39, 0.29) is 5.92 Å². The Morgan fingerprint density at radius 1 is 1.21 bits per heavy atom. The topological polar surface area (TPSA) is 58.6 Å². The highest BCUT2D eigenvalue weighted by Gasteiger charge is 2.35. The van der Waals surface area contributed by atoms with Gasteiger partial charge >= 0.3 is 12.1 Å². The smallest absolute Gasteiger partial charge is 0.376 e. The molecule has 6 heteroatoms. The van der Waals surface area contributed by atoms with Gasteiger partial charge in [0.25, 0.3) is 0 Å². The van der Waals surface area contributed by atoms with Gasteiger partial charge in [-0.25, -0.2) is 4.79 Å². The van der Waals surface area contributed by atoms with Gasteiger partial charge in [-0.05, 0) is 36.5 Å². The van der Waals surface area contributed by atoms with Gasteiger partial charge in [0.2, 0.25) is 0 Å². The molecule has 130 valence electrons. The molecule has 1 aliphatic heterocycles. The summed E-state index contributed by atoms with van der Waals surface area (Å²) in [7, 11) is 0. The van der Waals surface area contributed by atoms with Crippen molar-refractivity contribution in [2.75, 3.05) is 26.2 Å². The minimum Gasteiger partial charge on any atom is -0.376 e. The zero-order valence-corrected chi connectivity index (χ0v) is 14.4. The number of rotatable bonds is 3. The SMILES string of the molecule is O=C(OC(=O)N1CCNCC1)C(c1cccc(Cl)c1)C1CCCC1. The van der Waals surface area contributed by atoms with Gasteiger partial charge in [0.15, 0.2) is 0 Å². The third kappa shape index (κ3) is 4.08. The molecule has 0 spiro atoms. The Balaban J connectivity index is 1.74. The van der Waals surface area contributed by atoms with E-state index in [1.807, 2.05) is 12.1 Å². The van der Waals surface area contributed by atoms with Crippen LogP contribution in [0.4, 0.5) is 4.79 Å². The molecule has 0 aromatic heterocycles. The van der Waals surface area contributed by atoms with Crippen LogP contribution in [0.2, 0.25) is 5.02 Å². The van der Waals surface area contributed by atoms with E-state index in [1.54, 1.807) is 17.0 Å². The highest BCUT2D eigenvalue weighted by Crippen LogP contribution is 2.38. The lowest BCUT2D eigenvalue weighted by Gasteiger charge is -2.28. The molecule has 1 saturated carbocycles. The van der Waals surface area contributed by atoms with Gasteiger partial charge in [-0.2, -0.15) is 0 Å². The second-order valence-electron chi connectivity index (χ2n) is 6.50. The van der Waals surface area contributed by atoms with E-state index in [9.17, 15) is 9.59 Å². The second-order valence-corrected chi connectivity index (χ2v) is 6.94. The fourth-order valence-electron chi connectivity index (χ4n) is 3.65. The van der Waals surface area contributed by atoms with Crippen LogP contribution in [0.1, 0.15) is 37.2 Å². The maximum Gasteiger partial charge on any atom is 0.417 e. The molecule has 0 bridgehead atoms. The lowest BCUT2D eigenvalue weighted by atomic mass is 9.85. The van der Waals surface area contributed by atoms with Crippen molar-refractivity contribution >= 4 is 23.7 Å². The maximum absolute atomic E-state index is 12.8. The van der Waals surface area contributed by atoms with Gasteiger partial charge in [-0.1, -0.05) is 36.6 Å². The molecule has 2 aliphatic rings. The number of amides is 1. The maximum atomic E-state index is 12.8. The second kappa shape index (κ2) is 7.99. The molecular formula is C18H23ClN2O3. The molecule has 0 radical (unpaired) electrons. The normalized spacial score (nSPS) is 20.0. The average Bonchev–Trinajstić information content (AvgIpc) is 3.10. The summed E-state index contributed by atoms with van der Waals surface area (Å²) in [4.78, 5) is 26.6. The Bertz CT molecular complexity index is 596. The van der Waals surface area contributed by atoms with Crippen LogP contribution in [-0.4, -0.2) is 43.1 Å². The number of hydrogen-bond donors (Lipinski definition) is 1. The summed E-state index contributed by atoms with van der Waals surface area (Å²) >= 11 is 6.09. The molecular weight excluding hydrogens is 328 g/mol. The summed E-state index contributed by atoms with van der Waals surface area (Å²) in [5.74, 6) is -0.655. The van der Waals surface area contributed by atoms with Crippen LogP contribution in [-0.2, 0) is 9.53 Å². The summed E-state index contributed by atoms with van der Waals surface area (Å²) in [5.41, 5.74) is 0.840. The number of halogens is 1. The third-order valence-electron chi connectivity index (χ3n) is 4.90. The van der Waals surface area contributed by atoms with Crippen LogP contribution in [0, 0.1) is 5.92 Å². The zero-order chi connectivity index (χ0) is 16.9. The molecule has 24 heavy (non-hydrogen) atoms. The van der Waals surface area contributed by atoms with Gasteiger partial charge in [-0.15, -0.1) is 0 Å². The first-order valence-electron chi connectivity index (χ1n) is 8.62. The van der Waals surface area contributed by atoms with E-state index in [1.165, 1.54) is 0 Å². The molecule has 3 rings (SSSR count). The van der Waals surface area contributed by atoms with E-state index < -0.39 is 18.0 Å². The largest absolute Gasteiger partial charge is 0.417 e. The number of carbonyl (C=O) groups is 2. The summed E-state index contributed by atoms with van der Waals surface area (Å²) in [5, 5.41) is 3.77. The van der Waals surface area contributed by atoms with Crippen molar-refractivity contribution in [1.82, 2.24) is 10.2 Å². The van der Waals surface area contributed by atoms with Gasteiger partial charge in [0.05, 0.1) is 5.92 Å². The molecule has 1 amide bonds. The van der Waals surface area contributed by atoms with E-state index in [2.05, 4.69) is 5.32 Å². The number of hydrogen-bond acceptors (Lipinski definition) is 4. The molecule has 1 aromatic carbocycles. The van der Waals surface area contributed by atoms with Crippen molar-refractivity contribution in [2.45, 2.75) is 31.6 Å². The fourth-order valence-corrected chi connectivity index (χ4v) is 3.85. The standard InChI is InChI=1S/C18H23ClN2O3/c19-15-7-3-6-14(12-15)16(13-4-1-2-5-13)17(22)24-18(23)21-10-8-20-9-11-21/h3,6-7,12-13,16,20H,1-2,4-5,8-11H2. The molecule has 1 heterocycles. The summed E-state index contributed by atoms with van der Waals surface area (Å²) in [6.45, 7) is 2.59.